The molecule has 2 amide bonds. The lowest BCUT2D eigenvalue weighted by molar-refractivity contribution is 0.252. The fourth-order valence-electron chi connectivity index (χ4n) is 6.06. The Labute approximate surface area is 262 Å². The highest BCUT2D eigenvalue weighted by atomic mass is 16.2. The van der Waals surface area contributed by atoms with Crippen LogP contribution in [0.1, 0.15) is 68.2 Å². The molecule has 232 valence electrons. The first-order chi connectivity index (χ1) is 21.6. The molecule has 0 saturated carbocycles. The van der Waals surface area contributed by atoms with Crippen molar-refractivity contribution in [1.29, 1.82) is 0 Å². The van der Waals surface area contributed by atoms with Crippen LogP contribution in [0.3, 0.4) is 0 Å². The number of aromatic nitrogens is 1. The first-order valence-corrected chi connectivity index (χ1v) is 16.4. The predicted octanol–water partition coefficient (Wildman–Crippen LogP) is 7.77. The van der Waals surface area contributed by atoms with Crippen LogP contribution in [0.15, 0.2) is 79.0 Å². The highest BCUT2D eigenvalue weighted by molar-refractivity contribution is 6.01. The van der Waals surface area contributed by atoms with Gasteiger partial charge in [-0.3, -0.25) is 4.98 Å². The molecular weight excluding hydrogens is 544 g/mol. The van der Waals surface area contributed by atoms with Crippen molar-refractivity contribution in [2.24, 2.45) is 5.73 Å². The van der Waals surface area contributed by atoms with E-state index in [1.807, 2.05) is 37.4 Å². The summed E-state index contributed by atoms with van der Waals surface area (Å²) in [5.41, 5.74) is 12.3. The number of anilines is 3. The first kappa shape index (κ1) is 31.3. The molecule has 4 aromatic rings. The summed E-state index contributed by atoms with van der Waals surface area (Å²) in [7, 11) is 0. The van der Waals surface area contributed by atoms with E-state index in [-0.39, 0.29) is 6.03 Å². The van der Waals surface area contributed by atoms with Crippen LogP contribution in [-0.2, 0) is 13.1 Å². The van der Waals surface area contributed by atoms with Gasteiger partial charge in [-0.05, 0) is 80.1 Å². The summed E-state index contributed by atoms with van der Waals surface area (Å²) in [6, 6.07) is 24.9. The summed E-state index contributed by atoms with van der Waals surface area (Å²) < 4.78 is 0. The lowest BCUT2D eigenvalue weighted by Gasteiger charge is -2.22. The van der Waals surface area contributed by atoms with Crippen molar-refractivity contribution >= 4 is 33.9 Å². The molecule has 6 rings (SSSR count). The van der Waals surface area contributed by atoms with Gasteiger partial charge in [0.2, 0.25) is 0 Å². The zero-order valence-corrected chi connectivity index (χ0v) is 26.2. The molecule has 7 nitrogen and oxygen atoms in total. The number of hydrogen-bond donors (Lipinski definition) is 3. The van der Waals surface area contributed by atoms with E-state index in [0.29, 0.717) is 13.1 Å². The van der Waals surface area contributed by atoms with Crippen LogP contribution in [-0.4, -0.2) is 37.2 Å². The molecule has 4 N–H and O–H groups in total. The Balaban J connectivity index is 0.000000215. The lowest BCUT2D eigenvalue weighted by atomic mass is 10.1. The third kappa shape index (κ3) is 8.96. The van der Waals surface area contributed by atoms with E-state index < -0.39 is 0 Å². The van der Waals surface area contributed by atoms with Crippen molar-refractivity contribution in [3.8, 4) is 0 Å². The van der Waals surface area contributed by atoms with Crippen molar-refractivity contribution in [3.05, 3.63) is 95.8 Å². The highest BCUT2D eigenvalue weighted by Crippen LogP contribution is 2.24. The minimum Gasteiger partial charge on any atom is -0.372 e. The molecule has 0 spiro atoms. The second-order valence-electron chi connectivity index (χ2n) is 12.0. The number of urea groups is 1. The third-order valence-corrected chi connectivity index (χ3v) is 8.65. The number of carbonyl (C=O) groups excluding carboxylic acids is 1. The van der Waals surface area contributed by atoms with Gasteiger partial charge < -0.3 is 26.2 Å². The number of carbonyl (C=O) groups is 1. The maximum Gasteiger partial charge on any atom is 0.319 e. The Morgan fingerprint density at radius 2 is 1.30 bits per heavy atom. The second kappa shape index (κ2) is 16.1. The molecule has 3 aromatic carbocycles. The van der Waals surface area contributed by atoms with Gasteiger partial charge >= 0.3 is 6.03 Å². The van der Waals surface area contributed by atoms with Gasteiger partial charge in [0.1, 0.15) is 0 Å². The second-order valence-corrected chi connectivity index (χ2v) is 12.0. The molecule has 0 radical (unpaired) electrons. The van der Waals surface area contributed by atoms with Crippen molar-refractivity contribution in [2.45, 2.75) is 71.4 Å². The Kier molecular flexibility index (Phi) is 11.5. The zero-order chi connectivity index (χ0) is 30.6. The summed E-state index contributed by atoms with van der Waals surface area (Å²) in [5, 5.41) is 7.93. The van der Waals surface area contributed by atoms with Crippen molar-refractivity contribution in [2.75, 3.05) is 41.3 Å². The van der Waals surface area contributed by atoms with Crippen molar-refractivity contribution < 1.29 is 4.79 Å². The molecule has 0 aliphatic carbocycles. The number of aryl methyl sites for hydroxylation is 1. The molecule has 3 heterocycles. The average Bonchev–Trinajstić information content (AvgIpc) is 3.51. The monoisotopic (exact) mass is 592 g/mol. The number of hydrogen-bond acceptors (Lipinski definition) is 5. The number of fused-ring (bicyclic) bond motifs is 1. The molecule has 2 saturated heterocycles. The van der Waals surface area contributed by atoms with E-state index >= 15 is 0 Å². The van der Waals surface area contributed by atoms with E-state index in [9.17, 15) is 4.79 Å². The maximum atomic E-state index is 12.4. The molecule has 0 atom stereocenters. The quantitative estimate of drug-likeness (QED) is 0.213. The largest absolute Gasteiger partial charge is 0.372 e. The van der Waals surface area contributed by atoms with E-state index in [4.69, 9.17) is 5.73 Å². The molecule has 2 aliphatic rings. The summed E-state index contributed by atoms with van der Waals surface area (Å²) >= 11 is 0. The Hall–Kier alpha value is -4.10. The van der Waals surface area contributed by atoms with Crippen LogP contribution in [0.25, 0.3) is 10.8 Å². The van der Waals surface area contributed by atoms with Gasteiger partial charge in [0.25, 0.3) is 0 Å². The Bertz CT molecular complexity index is 1450. The van der Waals surface area contributed by atoms with E-state index in [0.717, 1.165) is 40.8 Å². The molecule has 0 bridgehead atoms. The predicted molar refractivity (Wildman–Crippen MR) is 184 cm³/mol. The summed E-state index contributed by atoms with van der Waals surface area (Å²) in [6.07, 6.45) is 12.5. The standard InChI is InChI=1S/C24H28N4O.C13H20N2/c1-18-15-22-20(17-25-18)7-6-8-23(22)27-24(29)26-16-19-9-11-21(12-10-19)28-13-4-2-3-5-14-28;14-11-12-5-7-13(8-6-12)15-9-3-1-2-4-10-15/h6-12,15,17H,2-5,13-14,16H2,1H3,(H2,26,27,29);5-8H,1-4,9-11,14H2. The lowest BCUT2D eigenvalue weighted by Crippen LogP contribution is -2.28. The maximum absolute atomic E-state index is 12.4. The molecule has 44 heavy (non-hydrogen) atoms. The Morgan fingerprint density at radius 1 is 0.750 bits per heavy atom. The number of nitrogens with zero attached hydrogens (tertiary/aromatic N) is 3. The molecule has 7 heteroatoms. The van der Waals surface area contributed by atoms with Crippen LogP contribution in [0.2, 0.25) is 0 Å². The first-order valence-electron chi connectivity index (χ1n) is 16.4. The average molecular weight is 593 g/mol. The smallest absolute Gasteiger partial charge is 0.319 e. The number of amides is 2. The Morgan fingerprint density at radius 3 is 1.84 bits per heavy atom. The molecule has 2 fully saturated rings. The topological polar surface area (TPSA) is 86.5 Å². The number of nitrogens with one attached hydrogen (secondary N) is 2. The van der Waals surface area contributed by atoms with E-state index in [2.05, 4.69) is 73.9 Å². The molecule has 1 aromatic heterocycles. The number of rotatable bonds is 6. The third-order valence-electron chi connectivity index (χ3n) is 8.65. The fourth-order valence-corrected chi connectivity index (χ4v) is 6.06. The SMILES string of the molecule is Cc1cc2c(NC(=O)NCc3ccc(N4CCCCCC4)cc3)cccc2cn1.NCc1ccc(N2CCCCCC2)cc1. The minimum absolute atomic E-state index is 0.205. The molecular formula is C37H48N6O. The fraction of sp³-hybridized carbons (Fsp3) is 0.405. The van der Waals surface area contributed by atoms with Gasteiger partial charge in [-0.1, -0.05) is 62.1 Å². The summed E-state index contributed by atoms with van der Waals surface area (Å²) in [4.78, 5) is 21.7. The zero-order valence-electron chi connectivity index (χ0n) is 26.2. The number of benzene rings is 3. The number of pyridine rings is 1. The summed E-state index contributed by atoms with van der Waals surface area (Å²) in [5.74, 6) is 0. The van der Waals surface area contributed by atoms with Crippen LogP contribution in [0.4, 0.5) is 21.9 Å². The van der Waals surface area contributed by atoms with Crippen LogP contribution >= 0.6 is 0 Å². The molecule has 2 aliphatic heterocycles. The normalized spacial score (nSPS) is 15.5. The van der Waals surface area contributed by atoms with Gasteiger partial charge in [-0.2, -0.15) is 0 Å². The van der Waals surface area contributed by atoms with Gasteiger partial charge in [-0.15, -0.1) is 0 Å². The highest BCUT2D eigenvalue weighted by Gasteiger charge is 2.11. The van der Waals surface area contributed by atoms with E-state index in [1.165, 1.54) is 81.4 Å². The van der Waals surface area contributed by atoms with Crippen LogP contribution in [0.5, 0.6) is 0 Å². The molecule has 0 unspecified atom stereocenters. The van der Waals surface area contributed by atoms with E-state index in [1.54, 1.807) is 0 Å². The van der Waals surface area contributed by atoms with Crippen molar-refractivity contribution in [3.63, 3.8) is 0 Å². The summed E-state index contributed by atoms with van der Waals surface area (Å²) in [6.45, 7) is 7.79. The van der Waals surface area contributed by atoms with Crippen LogP contribution in [0, 0.1) is 6.92 Å². The van der Waals surface area contributed by atoms with Gasteiger partial charge in [0.05, 0.1) is 5.69 Å². The van der Waals surface area contributed by atoms with Crippen LogP contribution < -0.4 is 26.2 Å². The van der Waals surface area contributed by atoms with Gasteiger partial charge in [-0.25, -0.2) is 4.79 Å². The minimum atomic E-state index is -0.205. The van der Waals surface area contributed by atoms with Gasteiger partial charge in [0, 0.05) is 73.3 Å². The number of nitrogens with two attached hydrogens (primary N) is 1. The van der Waals surface area contributed by atoms with Gasteiger partial charge in [0.15, 0.2) is 0 Å². The van der Waals surface area contributed by atoms with Crippen molar-refractivity contribution in [1.82, 2.24) is 10.3 Å².